The van der Waals surface area contributed by atoms with Crippen LogP contribution in [0.1, 0.15) is 11.1 Å². The molecular formula is C19H13IO. The highest BCUT2D eigenvalue weighted by molar-refractivity contribution is 14.1. The van der Waals surface area contributed by atoms with Crippen molar-refractivity contribution in [3.8, 4) is 22.6 Å². The Hall–Kier alpha value is -1.81. The van der Waals surface area contributed by atoms with Gasteiger partial charge in [-0.1, -0.05) is 48.5 Å². The van der Waals surface area contributed by atoms with Crippen LogP contribution in [0.25, 0.3) is 11.1 Å². The van der Waals surface area contributed by atoms with Crippen molar-refractivity contribution in [2.24, 2.45) is 0 Å². The van der Waals surface area contributed by atoms with Gasteiger partial charge in [0.1, 0.15) is 11.5 Å². The van der Waals surface area contributed by atoms with E-state index < -0.39 is 0 Å². The maximum Gasteiger partial charge on any atom is 0.140 e. The standard InChI is InChI=1S/C19H13IO/c20-16-9-3-4-10-17(16)21-18-11-5-7-14-12-13-6-1-2-8-15(13)19(14)18/h1-11H,12H2. The van der Waals surface area contributed by atoms with Crippen LogP contribution in [-0.2, 0) is 6.42 Å². The van der Waals surface area contributed by atoms with Crippen molar-refractivity contribution in [2.45, 2.75) is 6.42 Å². The molecule has 0 aromatic heterocycles. The number of fused-ring (bicyclic) bond motifs is 3. The molecule has 0 amide bonds. The maximum absolute atomic E-state index is 6.20. The Labute approximate surface area is 137 Å². The first-order valence-electron chi connectivity index (χ1n) is 6.95. The lowest BCUT2D eigenvalue weighted by Crippen LogP contribution is -1.90. The fourth-order valence-corrected chi connectivity index (χ4v) is 3.38. The van der Waals surface area contributed by atoms with Crippen LogP contribution < -0.4 is 4.74 Å². The lowest BCUT2D eigenvalue weighted by molar-refractivity contribution is 0.481. The van der Waals surface area contributed by atoms with Crippen LogP contribution in [0.3, 0.4) is 0 Å². The second-order valence-electron chi connectivity index (χ2n) is 5.16. The number of hydrogen-bond acceptors (Lipinski definition) is 1. The first-order valence-corrected chi connectivity index (χ1v) is 8.03. The Morgan fingerprint density at radius 2 is 1.43 bits per heavy atom. The molecule has 0 aliphatic heterocycles. The summed E-state index contributed by atoms with van der Waals surface area (Å²) in [6, 6.07) is 23.0. The Morgan fingerprint density at radius 1 is 0.714 bits per heavy atom. The van der Waals surface area contributed by atoms with Crippen molar-refractivity contribution in [1.29, 1.82) is 0 Å². The summed E-state index contributed by atoms with van der Waals surface area (Å²) in [6.07, 6.45) is 0.995. The Morgan fingerprint density at radius 3 is 2.33 bits per heavy atom. The number of para-hydroxylation sites is 1. The van der Waals surface area contributed by atoms with E-state index in [9.17, 15) is 0 Å². The molecule has 0 unspecified atom stereocenters. The molecule has 0 heterocycles. The molecule has 102 valence electrons. The van der Waals surface area contributed by atoms with E-state index in [1.165, 1.54) is 22.3 Å². The Kier molecular flexibility index (Phi) is 3.19. The molecule has 0 radical (unpaired) electrons. The van der Waals surface area contributed by atoms with Crippen molar-refractivity contribution >= 4 is 22.6 Å². The van der Waals surface area contributed by atoms with E-state index in [4.69, 9.17) is 4.74 Å². The van der Waals surface area contributed by atoms with E-state index in [2.05, 4.69) is 71.1 Å². The highest BCUT2D eigenvalue weighted by atomic mass is 127. The van der Waals surface area contributed by atoms with E-state index in [1.54, 1.807) is 0 Å². The topological polar surface area (TPSA) is 9.23 Å². The van der Waals surface area contributed by atoms with Gasteiger partial charge < -0.3 is 4.74 Å². The second kappa shape index (κ2) is 5.19. The molecule has 1 aliphatic carbocycles. The molecule has 0 N–H and O–H groups in total. The molecule has 0 bridgehead atoms. The third-order valence-electron chi connectivity index (χ3n) is 3.84. The molecular weight excluding hydrogens is 371 g/mol. The highest BCUT2D eigenvalue weighted by Crippen LogP contribution is 2.44. The van der Waals surface area contributed by atoms with Crippen LogP contribution in [-0.4, -0.2) is 0 Å². The number of hydrogen-bond donors (Lipinski definition) is 0. The quantitative estimate of drug-likeness (QED) is 0.406. The monoisotopic (exact) mass is 384 g/mol. The molecule has 0 fully saturated rings. The summed E-state index contributed by atoms with van der Waals surface area (Å²) in [5, 5.41) is 0. The van der Waals surface area contributed by atoms with Gasteiger partial charge in [-0.05, 0) is 63.9 Å². The zero-order valence-electron chi connectivity index (χ0n) is 11.3. The molecule has 0 saturated carbocycles. The van der Waals surface area contributed by atoms with E-state index in [0.717, 1.165) is 21.5 Å². The predicted molar refractivity (Wildman–Crippen MR) is 93.9 cm³/mol. The minimum Gasteiger partial charge on any atom is -0.456 e. The number of benzene rings is 3. The molecule has 3 aromatic carbocycles. The molecule has 4 rings (SSSR count). The number of halogens is 1. The van der Waals surface area contributed by atoms with Gasteiger partial charge in [-0.3, -0.25) is 0 Å². The molecule has 21 heavy (non-hydrogen) atoms. The normalized spacial score (nSPS) is 11.9. The molecule has 0 spiro atoms. The molecule has 0 atom stereocenters. The van der Waals surface area contributed by atoms with Gasteiger partial charge >= 0.3 is 0 Å². The smallest absolute Gasteiger partial charge is 0.140 e. The van der Waals surface area contributed by atoms with E-state index in [0.29, 0.717) is 0 Å². The zero-order chi connectivity index (χ0) is 14.2. The van der Waals surface area contributed by atoms with Gasteiger partial charge in [0.15, 0.2) is 0 Å². The van der Waals surface area contributed by atoms with Crippen LogP contribution in [0.5, 0.6) is 11.5 Å². The lowest BCUT2D eigenvalue weighted by Gasteiger charge is -2.12. The van der Waals surface area contributed by atoms with Crippen molar-refractivity contribution in [3.63, 3.8) is 0 Å². The lowest BCUT2D eigenvalue weighted by atomic mass is 10.0. The highest BCUT2D eigenvalue weighted by Gasteiger charge is 2.22. The maximum atomic E-state index is 6.20. The van der Waals surface area contributed by atoms with Crippen molar-refractivity contribution < 1.29 is 4.74 Å². The molecule has 1 aliphatic rings. The summed E-state index contributed by atoms with van der Waals surface area (Å²) in [6.45, 7) is 0. The largest absolute Gasteiger partial charge is 0.456 e. The SMILES string of the molecule is Ic1ccccc1Oc1cccc2c1-c1ccccc1C2. The van der Waals surface area contributed by atoms with Crippen molar-refractivity contribution in [3.05, 3.63) is 81.4 Å². The zero-order valence-corrected chi connectivity index (χ0v) is 13.5. The molecule has 0 saturated heterocycles. The van der Waals surface area contributed by atoms with Gasteiger partial charge in [0, 0.05) is 5.56 Å². The van der Waals surface area contributed by atoms with Gasteiger partial charge in [0.2, 0.25) is 0 Å². The Bertz CT molecular complexity index is 823. The number of rotatable bonds is 2. The molecule has 2 heteroatoms. The van der Waals surface area contributed by atoms with Gasteiger partial charge in [-0.25, -0.2) is 0 Å². The average Bonchev–Trinajstić information content (AvgIpc) is 2.89. The minimum atomic E-state index is 0.913. The second-order valence-corrected chi connectivity index (χ2v) is 6.32. The van der Waals surface area contributed by atoms with Gasteiger partial charge in [-0.15, -0.1) is 0 Å². The fraction of sp³-hybridized carbons (Fsp3) is 0.0526. The van der Waals surface area contributed by atoms with Crippen LogP contribution >= 0.6 is 22.6 Å². The predicted octanol–water partition coefficient (Wildman–Crippen LogP) is 5.65. The van der Waals surface area contributed by atoms with E-state index in [-0.39, 0.29) is 0 Å². The van der Waals surface area contributed by atoms with Gasteiger partial charge in [0.25, 0.3) is 0 Å². The Balaban J connectivity index is 1.83. The van der Waals surface area contributed by atoms with E-state index >= 15 is 0 Å². The van der Waals surface area contributed by atoms with Crippen LogP contribution in [0.4, 0.5) is 0 Å². The average molecular weight is 384 g/mol. The summed E-state index contributed by atoms with van der Waals surface area (Å²) >= 11 is 2.31. The van der Waals surface area contributed by atoms with Gasteiger partial charge in [0.05, 0.1) is 3.57 Å². The van der Waals surface area contributed by atoms with Crippen molar-refractivity contribution in [1.82, 2.24) is 0 Å². The van der Waals surface area contributed by atoms with Crippen LogP contribution in [0, 0.1) is 3.57 Å². The molecule has 1 nitrogen and oxygen atoms in total. The first kappa shape index (κ1) is 12.9. The third-order valence-corrected chi connectivity index (χ3v) is 4.73. The summed E-state index contributed by atoms with van der Waals surface area (Å²) in [7, 11) is 0. The van der Waals surface area contributed by atoms with Crippen molar-refractivity contribution in [2.75, 3.05) is 0 Å². The van der Waals surface area contributed by atoms with Crippen LogP contribution in [0.2, 0.25) is 0 Å². The first-order chi connectivity index (χ1) is 10.3. The third kappa shape index (κ3) is 2.23. The summed E-state index contributed by atoms with van der Waals surface area (Å²) < 4.78 is 7.33. The molecule has 3 aromatic rings. The van der Waals surface area contributed by atoms with E-state index in [1.807, 2.05) is 18.2 Å². The number of ether oxygens (including phenoxy) is 1. The van der Waals surface area contributed by atoms with Gasteiger partial charge in [-0.2, -0.15) is 0 Å². The summed E-state index contributed by atoms with van der Waals surface area (Å²) in [5.74, 6) is 1.86. The fourth-order valence-electron chi connectivity index (χ4n) is 2.88. The minimum absolute atomic E-state index is 0.913. The summed E-state index contributed by atoms with van der Waals surface area (Å²) in [5.41, 5.74) is 5.27. The van der Waals surface area contributed by atoms with Crippen LogP contribution in [0.15, 0.2) is 66.7 Å². The summed E-state index contributed by atoms with van der Waals surface area (Å²) in [4.78, 5) is 0.